The van der Waals surface area contributed by atoms with Crippen LogP contribution in [-0.2, 0) is 19.4 Å². The molecule has 0 amide bonds. The molecule has 1 aliphatic rings. The van der Waals surface area contributed by atoms with E-state index in [1.165, 1.54) is 5.52 Å². The number of imidazole rings is 1. The fraction of sp³-hybridized carbons (Fsp3) is 0.321. The summed E-state index contributed by atoms with van der Waals surface area (Å²) in [4.78, 5) is 24.4. The van der Waals surface area contributed by atoms with Crippen LogP contribution >= 0.6 is 11.3 Å². The maximum Gasteiger partial charge on any atom is 0.339 e. The molecule has 4 heterocycles. The van der Waals surface area contributed by atoms with Crippen molar-refractivity contribution in [3.63, 3.8) is 0 Å². The van der Waals surface area contributed by atoms with Crippen LogP contribution in [0.25, 0.3) is 22.0 Å². The standard InChI is InChI=1S/C28H28N4O2S/c33-28-22(16-21-5-1-4-8-26(21)34-28)11-14-31-12-9-20(10-13-31)15-27-30-24-6-2-3-7-25(24)32(27)17-23-18-35-19-29-23/h1-8,16,18-20H,9-15,17H2. The maximum absolute atomic E-state index is 12.4. The Labute approximate surface area is 207 Å². The van der Waals surface area contributed by atoms with Crippen LogP contribution in [0.3, 0.4) is 0 Å². The summed E-state index contributed by atoms with van der Waals surface area (Å²) in [6.07, 6.45) is 4.00. The summed E-state index contributed by atoms with van der Waals surface area (Å²) >= 11 is 1.64. The van der Waals surface area contributed by atoms with Crippen LogP contribution in [0.1, 0.15) is 29.9 Å². The molecule has 0 unspecified atom stereocenters. The molecule has 3 aromatic heterocycles. The van der Waals surface area contributed by atoms with Crippen molar-refractivity contribution >= 4 is 33.3 Å². The molecular weight excluding hydrogens is 456 g/mol. The Morgan fingerprint density at radius 3 is 2.74 bits per heavy atom. The first-order valence-corrected chi connectivity index (χ1v) is 13.2. The molecule has 178 valence electrons. The molecule has 0 saturated carbocycles. The molecule has 7 heteroatoms. The van der Waals surface area contributed by atoms with Crippen LogP contribution in [0.5, 0.6) is 0 Å². The van der Waals surface area contributed by atoms with Gasteiger partial charge in [0.1, 0.15) is 11.4 Å². The van der Waals surface area contributed by atoms with Gasteiger partial charge in [0.15, 0.2) is 0 Å². The minimum absolute atomic E-state index is 0.211. The van der Waals surface area contributed by atoms with Gasteiger partial charge in [-0.15, -0.1) is 11.3 Å². The topological polar surface area (TPSA) is 64.2 Å². The minimum Gasteiger partial charge on any atom is -0.423 e. The Balaban J connectivity index is 1.10. The second-order valence-electron chi connectivity index (χ2n) is 9.42. The number of hydrogen-bond acceptors (Lipinski definition) is 6. The molecule has 1 saturated heterocycles. The molecule has 0 spiro atoms. The molecule has 0 radical (unpaired) electrons. The van der Waals surface area contributed by atoms with Gasteiger partial charge in [-0.05, 0) is 62.5 Å². The largest absolute Gasteiger partial charge is 0.423 e. The SMILES string of the molecule is O=c1oc2ccccc2cc1CCN1CCC(Cc2nc3ccccc3n2Cc2cscn2)CC1. The van der Waals surface area contributed by atoms with Crippen LogP contribution in [-0.4, -0.2) is 39.1 Å². The highest BCUT2D eigenvalue weighted by Crippen LogP contribution is 2.25. The molecule has 0 bridgehead atoms. The molecule has 0 N–H and O–H groups in total. The van der Waals surface area contributed by atoms with Gasteiger partial charge in [-0.25, -0.2) is 14.8 Å². The number of benzene rings is 2. The van der Waals surface area contributed by atoms with Crippen molar-refractivity contribution in [3.05, 3.63) is 93.0 Å². The Hall–Kier alpha value is -3.29. The van der Waals surface area contributed by atoms with Crippen molar-refractivity contribution < 1.29 is 4.42 Å². The van der Waals surface area contributed by atoms with Gasteiger partial charge in [-0.1, -0.05) is 30.3 Å². The van der Waals surface area contributed by atoms with E-state index in [1.54, 1.807) is 11.3 Å². The van der Waals surface area contributed by atoms with Gasteiger partial charge in [0.05, 0.1) is 28.8 Å². The van der Waals surface area contributed by atoms with E-state index < -0.39 is 0 Å². The number of nitrogens with zero attached hydrogens (tertiary/aromatic N) is 4. The molecule has 5 aromatic rings. The number of hydrogen-bond donors (Lipinski definition) is 0. The number of rotatable bonds is 7. The maximum atomic E-state index is 12.4. The Morgan fingerprint density at radius 2 is 1.89 bits per heavy atom. The van der Waals surface area contributed by atoms with E-state index >= 15 is 0 Å². The second-order valence-corrected chi connectivity index (χ2v) is 10.1. The zero-order valence-electron chi connectivity index (χ0n) is 19.6. The third-order valence-electron chi connectivity index (χ3n) is 7.13. The fourth-order valence-corrected chi connectivity index (χ4v) is 5.71. The highest BCUT2D eigenvalue weighted by Gasteiger charge is 2.22. The van der Waals surface area contributed by atoms with Gasteiger partial charge in [0.25, 0.3) is 0 Å². The molecule has 35 heavy (non-hydrogen) atoms. The van der Waals surface area contributed by atoms with Gasteiger partial charge in [0, 0.05) is 29.3 Å². The molecular formula is C28H28N4O2S. The average Bonchev–Trinajstić information content (AvgIpc) is 3.52. The zero-order valence-corrected chi connectivity index (χ0v) is 20.4. The van der Waals surface area contributed by atoms with Crippen molar-refractivity contribution in [2.75, 3.05) is 19.6 Å². The first kappa shape index (κ1) is 22.2. The summed E-state index contributed by atoms with van der Waals surface area (Å²) in [5.41, 5.74) is 6.44. The Morgan fingerprint density at radius 1 is 1.06 bits per heavy atom. The van der Waals surface area contributed by atoms with E-state index in [0.717, 1.165) is 79.8 Å². The van der Waals surface area contributed by atoms with Crippen molar-refractivity contribution in [3.8, 4) is 0 Å². The number of aromatic nitrogens is 3. The first-order chi connectivity index (χ1) is 17.2. The van der Waals surface area contributed by atoms with Crippen LogP contribution in [0, 0.1) is 5.92 Å². The lowest BCUT2D eigenvalue weighted by Crippen LogP contribution is -2.36. The van der Waals surface area contributed by atoms with Gasteiger partial charge in [-0.2, -0.15) is 0 Å². The van der Waals surface area contributed by atoms with Crippen LogP contribution in [0.4, 0.5) is 0 Å². The lowest BCUT2D eigenvalue weighted by molar-refractivity contribution is 0.184. The summed E-state index contributed by atoms with van der Waals surface area (Å²) in [5, 5.41) is 3.11. The van der Waals surface area contributed by atoms with Crippen molar-refractivity contribution in [1.82, 2.24) is 19.4 Å². The highest BCUT2D eigenvalue weighted by atomic mass is 32.1. The van der Waals surface area contributed by atoms with E-state index in [9.17, 15) is 4.79 Å². The van der Waals surface area contributed by atoms with Gasteiger partial charge >= 0.3 is 5.63 Å². The van der Waals surface area contributed by atoms with E-state index in [2.05, 4.69) is 44.1 Å². The smallest absolute Gasteiger partial charge is 0.339 e. The average molecular weight is 485 g/mol. The number of piperidine rings is 1. The van der Waals surface area contributed by atoms with Crippen molar-refractivity contribution in [1.29, 1.82) is 0 Å². The zero-order chi connectivity index (χ0) is 23.6. The lowest BCUT2D eigenvalue weighted by atomic mass is 9.93. The van der Waals surface area contributed by atoms with Crippen molar-refractivity contribution in [2.45, 2.75) is 32.2 Å². The normalized spacial score (nSPS) is 15.3. The fourth-order valence-electron chi connectivity index (χ4n) is 5.17. The molecule has 1 fully saturated rings. The minimum atomic E-state index is -0.211. The van der Waals surface area contributed by atoms with E-state index in [4.69, 9.17) is 9.40 Å². The first-order valence-electron chi connectivity index (χ1n) is 12.3. The third-order valence-corrected chi connectivity index (χ3v) is 7.76. The predicted molar refractivity (Wildman–Crippen MR) is 140 cm³/mol. The van der Waals surface area contributed by atoms with Crippen molar-refractivity contribution in [2.24, 2.45) is 5.92 Å². The quantitative estimate of drug-likeness (QED) is 0.299. The van der Waals surface area contributed by atoms with E-state index in [1.807, 2.05) is 35.8 Å². The van der Waals surface area contributed by atoms with Crippen LogP contribution in [0.15, 0.2) is 74.7 Å². The summed E-state index contributed by atoms with van der Waals surface area (Å²) in [7, 11) is 0. The number of fused-ring (bicyclic) bond motifs is 2. The van der Waals surface area contributed by atoms with Crippen LogP contribution < -0.4 is 5.63 Å². The Kier molecular flexibility index (Phi) is 6.19. The molecule has 2 aromatic carbocycles. The predicted octanol–water partition coefficient (Wildman–Crippen LogP) is 5.14. The Bertz CT molecular complexity index is 1500. The van der Waals surface area contributed by atoms with E-state index in [-0.39, 0.29) is 5.63 Å². The summed E-state index contributed by atoms with van der Waals surface area (Å²) in [5.74, 6) is 1.77. The van der Waals surface area contributed by atoms with E-state index in [0.29, 0.717) is 11.5 Å². The molecule has 0 aliphatic carbocycles. The van der Waals surface area contributed by atoms with Gasteiger partial charge in [0.2, 0.25) is 0 Å². The number of para-hydroxylation sites is 3. The second kappa shape index (κ2) is 9.76. The highest BCUT2D eigenvalue weighted by molar-refractivity contribution is 7.07. The number of thiazole rings is 1. The lowest BCUT2D eigenvalue weighted by Gasteiger charge is -2.31. The summed E-state index contributed by atoms with van der Waals surface area (Å²) in [6.45, 7) is 3.76. The molecule has 6 nitrogen and oxygen atoms in total. The van der Waals surface area contributed by atoms with Gasteiger partial charge in [-0.3, -0.25) is 0 Å². The van der Waals surface area contributed by atoms with Gasteiger partial charge < -0.3 is 13.9 Å². The molecule has 0 atom stereocenters. The summed E-state index contributed by atoms with van der Waals surface area (Å²) in [6, 6.07) is 18.1. The summed E-state index contributed by atoms with van der Waals surface area (Å²) < 4.78 is 7.85. The molecule has 1 aliphatic heterocycles. The monoisotopic (exact) mass is 484 g/mol. The van der Waals surface area contributed by atoms with Crippen LogP contribution in [0.2, 0.25) is 0 Å². The molecule has 6 rings (SSSR count). The number of likely N-dealkylation sites (tertiary alicyclic amines) is 1. The third kappa shape index (κ3) is 4.79.